The molecule has 0 aliphatic rings. The third-order valence-electron chi connectivity index (χ3n) is 2.69. The minimum absolute atomic E-state index is 0.0897. The van der Waals surface area contributed by atoms with Gasteiger partial charge in [0, 0.05) is 5.92 Å². The van der Waals surface area contributed by atoms with Crippen LogP contribution in [-0.2, 0) is 4.79 Å². The molecule has 0 aliphatic heterocycles. The van der Waals surface area contributed by atoms with Crippen LogP contribution in [0.5, 0.6) is 0 Å². The minimum atomic E-state index is 0.0897. The summed E-state index contributed by atoms with van der Waals surface area (Å²) in [7, 11) is 0. The summed E-state index contributed by atoms with van der Waals surface area (Å²) in [5, 5.41) is 0. The zero-order chi connectivity index (χ0) is 11.6. The molecule has 1 nitrogen and oxygen atoms in total. The maximum atomic E-state index is 11.1. The molecular weight excluding hydrogens is 172 g/mol. The summed E-state index contributed by atoms with van der Waals surface area (Å²) in [6, 6.07) is 0. The Kier molecular flexibility index (Phi) is 4.35. The van der Waals surface area contributed by atoms with Gasteiger partial charge in [0.25, 0.3) is 0 Å². The Labute approximate surface area is 89.3 Å². The fourth-order valence-electron chi connectivity index (χ4n) is 2.28. The van der Waals surface area contributed by atoms with E-state index < -0.39 is 0 Å². The predicted molar refractivity (Wildman–Crippen MR) is 62.2 cm³/mol. The van der Waals surface area contributed by atoms with Crippen molar-refractivity contribution in [1.82, 2.24) is 0 Å². The third-order valence-corrected chi connectivity index (χ3v) is 2.69. The molecule has 0 aromatic carbocycles. The van der Waals surface area contributed by atoms with Crippen molar-refractivity contribution in [3.05, 3.63) is 0 Å². The summed E-state index contributed by atoms with van der Waals surface area (Å²) >= 11 is 0. The highest BCUT2D eigenvalue weighted by Gasteiger charge is 2.31. The molecule has 0 saturated carbocycles. The van der Waals surface area contributed by atoms with Crippen LogP contribution in [0.15, 0.2) is 0 Å². The minimum Gasteiger partial charge on any atom is -0.303 e. The number of hydrogen-bond acceptors (Lipinski definition) is 1. The van der Waals surface area contributed by atoms with E-state index in [1.807, 2.05) is 0 Å². The standard InChI is InChI=1S/C13H26O/c1-10(8-12(2,3)4)11(9-14)13(5,6)7/h9-11H,8H2,1-7H3. The zero-order valence-corrected chi connectivity index (χ0v) is 10.8. The van der Waals surface area contributed by atoms with Gasteiger partial charge in [-0.2, -0.15) is 0 Å². The number of aldehydes is 1. The normalized spacial score (nSPS) is 17.6. The van der Waals surface area contributed by atoms with E-state index in [0.29, 0.717) is 11.3 Å². The van der Waals surface area contributed by atoms with Gasteiger partial charge in [-0.15, -0.1) is 0 Å². The van der Waals surface area contributed by atoms with Crippen LogP contribution in [0.2, 0.25) is 0 Å². The summed E-state index contributed by atoms with van der Waals surface area (Å²) in [6.07, 6.45) is 2.24. The molecule has 14 heavy (non-hydrogen) atoms. The molecule has 0 aromatic rings. The molecule has 84 valence electrons. The lowest BCUT2D eigenvalue weighted by Gasteiger charge is -2.34. The van der Waals surface area contributed by atoms with Crippen molar-refractivity contribution in [2.45, 2.75) is 54.9 Å². The lowest BCUT2D eigenvalue weighted by molar-refractivity contribution is -0.116. The lowest BCUT2D eigenvalue weighted by Crippen LogP contribution is -2.30. The first-order valence-corrected chi connectivity index (χ1v) is 5.53. The van der Waals surface area contributed by atoms with Gasteiger partial charge in [0.1, 0.15) is 6.29 Å². The van der Waals surface area contributed by atoms with Crippen LogP contribution >= 0.6 is 0 Å². The molecule has 0 radical (unpaired) electrons. The van der Waals surface area contributed by atoms with Crippen LogP contribution in [0, 0.1) is 22.7 Å². The van der Waals surface area contributed by atoms with Crippen molar-refractivity contribution in [3.63, 3.8) is 0 Å². The van der Waals surface area contributed by atoms with Crippen LogP contribution in [0.25, 0.3) is 0 Å². The van der Waals surface area contributed by atoms with E-state index in [1.54, 1.807) is 0 Å². The summed E-state index contributed by atoms with van der Waals surface area (Å²) in [4.78, 5) is 11.1. The van der Waals surface area contributed by atoms with Gasteiger partial charge in [-0.05, 0) is 23.2 Å². The molecule has 0 aliphatic carbocycles. The van der Waals surface area contributed by atoms with Crippen molar-refractivity contribution in [2.75, 3.05) is 0 Å². The number of rotatable bonds is 3. The summed E-state index contributed by atoms with van der Waals surface area (Å²) in [5.74, 6) is 0.634. The maximum absolute atomic E-state index is 11.1. The van der Waals surface area contributed by atoms with Gasteiger partial charge in [0.05, 0.1) is 0 Å². The molecule has 0 amide bonds. The van der Waals surface area contributed by atoms with E-state index >= 15 is 0 Å². The number of carbonyl (C=O) groups is 1. The van der Waals surface area contributed by atoms with Gasteiger partial charge in [-0.25, -0.2) is 0 Å². The first-order chi connectivity index (χ1) is 6.08. The molecule has 0 bridgehead atoms. The first-order valence-electron chi connectivity index (χ1n) is 5.53. The van der Waals surface area contributed by atoms with Crippen LogP contribution in [0.3, 0.4) is 0 Å². The van der Waals surface area contributed by atoms with Gasteiger partial charge in [-0.3, -0.25) is 0 Å². The monoisotopic (exact) mass is 198 g/mol. The van der Waals surface area contributed by atoms with Crippen LogP contribution in [0.4, 0.5) is 0 Å². The van der Waals surface area contributed by atoms with Crippen molar-refractivity contribution in [3.8, 4) is 0 Å². The van der Waals surface area contributed by atoms with Crippen molar-refractivity contribution in [2.24, 2.45) is 22.7 Å². The van der Waals surface area contributed by atoms with Gasteiger partial charge < -0.3 is 4.79 Å². The third kappa shape index (κ3) is 4.78. The molecule has 0 N–H and O–H groups in total. The van der Waals surface area contributed by atoms with E-state index in [2.05, 4.69) is 48.5 Å². The zero-order valence-electron chi connectivity index (χ0n) is 10.8. The Morgan fingerprint density at radius 2 is 1.50 bits per heavy atom. The molecular formula is C13H26O. The molecule has 0 saturated heterocycles. The molecule has 2 atom stereocenters. The van der Waals surface area contributed by atoms with Crippen molar-refractivity contribution < 1.29 is 4.79 Å². The second kappa shape index (κ2) is 4.46. The Bertz CT molecular complexity index is 180. The molecule has 0 heterocycles. The average Bonchev–Trinajstić information content (AvgIpc) is 1.79. The molecule has 0 fully saturated rings. The van der Waals surface area contributed by atoms with Crippen LogP contribution in [-0.4, -0.2) is 6.29 Å². The topological polar surface area (TPSA) is 17.1 Å². The maximum Gasteiger partial charge on any atom is 0.123 e. The lowest BCUT2D eigenvalue weighted by atomic mass is 9.70. The summed E-state index contributed by atoms with van der Waals surface area (Å²) < 4.78 is 0. The highest BCUT2D eigenvalue weighted by atomic mass is 16.1. The predicted octanol–water partition coefficient (Wildman–Crippen LogP) is 3.92. The van der Waals surface area contributed by atoms with E-state index in [-0.39, 0.29) is 11.3 Å². The van der Waals surface area contributed by atoms with Gasteiger partial charge in [0.15, 0.2) is 0 Å². The fraction of sp³-hybridized carbons (Fsp3) is 0.923. The van der Waals surface area contributed by atoms with E-state index in [4.69, 9.17) is 0 Å². The smallest absolute Gasteiger partial charge is 0.123 e. The van der Waals surface area contributed by atoms with Crippen LogP contribution < -0.4 is 0 Å². The van der Waals surface area contributed by atoms with E-state index in [1.165, 1.54) is 0 Å². The summed E-state index contributed by atoms with van der Waals surface area (Å²) in [6.45, 7) is 15.3. The van der Waals surface area contributed by atoms with E-state index in [0.717, 1.165) is 12.7 Å². The molecule has 0 spiro atoms. The SMILES string of the molecule is CC(CC(C)(C)C)C(C=O)C(C)(C)C. The molecule has 0 aromatic heterocycles. The molecule has 1 heteroatoms. The largest absolute Gasteiger partial charge is 0.303 e. The van der Waals surface area contributed by atoms with Gasteiger partial charge in [-0.1, -0.05) is 48.5 Å². The number of carbonyl (C=O) groups excluding carboxylic acids is 1. The Hall–Kier alpha value is -0.330. The summed E-state index contributed by atoms with van der Waals surface area (Å²) in [5.41, 5.74) is 0.401. The first kappa shape index (κ1) is 13.7. The molecule has 2 unspecified atom stereocenters. The van der Waals surface area contributed by atoms with Gasteiger partial charge in [0.2, 0.25) is 0 Å². The van der Waals surface area contributed by atoms with Crippen molar-refractivity contribution >= 4 is 6.29 Å². The van der Waals surface area contributed by atoms with E-state index in [9.17, 15) is 4.79 Å². The Morgan fingerprint density at radius 1 is 1.07 bits per heavy atom. The fourth-order valence-corrected chi connectivity index (χ4v) is 2.28. The Balaban J connectivity index is 4.49. The highest BCUT2D eigenvalue weighted by Crippen LogP contribution is 2.36. The van der Waals surface area contributed by atoms with Crippen molar-refractivity contribution in [1.29, 1.82) is 0 Å². The highest BCUT2D eigenvalue weighted by molar-refractivity contribution is 5.55. The van der Waals surface area contributed by atoms with Crippen LogP contribution in [0.1, 0.15) is 54.9 Å². The van der Waals surface area contributed by atoms with Gasteiger partial charge >= 0.3 is 0 Å². The second-order valence-electron chi connectivity index (χ2n) is 6.77. The average molecular weight is 198 g/mol. The number of hydrogen-bond donors (Lipinski definition) is 0. The molecule has 0 rings (SSSR count). The quantitative estimate of drug-likeness (QED) is 0.628. The second-order valence-corrected chi connectivity index (χ2v) is 6.77. The Morgan fingerprint density at radius 3 is 1.71 bits per heavy atom.